The van der Waals surface area contributed by atoms with E-state index in [2.05, 4.69) is 29.1 Å². The molecule has 5 heteroatoms. The minimum Gasteiger partial charge on any atom is -0.383 e. The second-order valence-corrected chi connectivity index (χ2v) is 4.33. The summed E-state index contributed by atoms with van der Waals surface area (Å²) in [6.45, 7) is 5.34. The molecular formula is C12H23N5. The lowest BCUT2D eigenvalue weighted by molar-refractivity contribution is 0.472. The quantitative estimate of drug-likeness (QED) is 0.677. The zero-order valence-corrected chi connectivity index (χ0v) is 10.7. The molecule has 5 N–H and O–H groups in total. The molecule has 17 heavy (non-hydrogen) atoms. The Balaban J connectivity index is 2.47. The average molecular weight is 237 g/mol. The van der Waals surface area contributed by atoms with Crippen molar-refractivity contribution >= 4 is 17.6 Å². The van der Waals surface area contributed by atoms with E-state index in [1.54, 1.807) is 6.07 Å². The molecule has 0 saturated carbocycles. The SMILES string of the molecule is CCCCC(CC)CNc1cc(N)nc(N)n1. The van der Waals surface area contributed by atoms with Crippen LogP contribution in [0.15, 0.2) is 6.07 Å². The highest BCUT2D eigenvalue weighted by molar-refractivity contribution is 5.48. The second kappa shape index (κ2) is 6.93. The first kappa shape index (κ1) is 13.5. The van der Waals surface area contributed by atoms with Gasteiger partial charge in [0.05, 0.1) is 0 Å². The van der Waals surface area contributed by atoms with Crippen LogP contribution in [0, 0.1) is 5.92 Å². The van der Waals surface area contributed by atoms with E-state index in [-0.39, 0.29) is 5.95 Å². The highest BCUT2D eigenvalue weighted by atomic mass is 15.1. The van der Waals surface area contributed by atoms with E-state index >= 15 is 0 Å². The summed E-state index contributed by atoms with van der Waals surface area (Å²) < 4.78 is 0. The number of hydrogen-bond donors (Lipinski definition) is 3. The summed E-state index contributed by atoms with van der Waals surface area (Å²) in [5.41, 5.74) is 11.1. The summed E-state index contributed by atoms with van der Waals surface area (Å²) in [6.07, 6.45) is 4.93. The largest absolute Gasteiger partial charge is 0.383 e. The molecule has 5 nitrogen and oxygen atoms in total. The zero-order valence-electron chi connectivity index (χ0n) is 10.7. The predicted molar refractivity (Wildman–Crippen MR) is 72.7 cm³/mol. The Bertz CT molecular complexity index is 319. The number of nitrogens with one attached hydrogen (secondary N) is 1. The fourth-order valence-corrected chi connectivity index (χ4v) is 1.77. The Morgan fingerprint density at radius 3 is 2.65 bits per heavy atom. The smallest absolute Gasteiger partial charge is 0.223 e. The lowest BCUT2D eigenvalue weighted by Gasteiger charge is -2.15. The molecular weight excluding hydrogens is 214 g/mol. The van der Waals surface area contributed by atoms with Gasteiger partial charge in [0.2, 0.25) is 5.95 Å². The van der Waals surface area contributed by atoms with E-state index in [1.165, 1.54) is 25.7 Å². The Kier molecular flexibility index (Phi) is 5.52. The molecule has 96 valence electrons. The van der Waals surface area contributed by atoms with Crippen LogP contribution in [0.4, 0.5) is 17.6 Å². The van der Waals surface area contributed by atoms with Crippen LogP contribution in [-0.4, -0.2) is 16.5 Å². The highest BCUT2D eigenvalue weighted by Gasteiger charge is 2.06. The normalized spacial score (nSPS) is 12.4. The maximum Gasteiger partial charge on any atom is 0.223 e. The Morgan fingerprint density at radius 2 is 2.06 bits per heavy atom. The third-order valence-electron chi connectivity index (χ3n) is 2.88. The number of nitrogens with two attached hydrogens (primary N) is 2. The van der Waals surface area contributed by atoms with E-state index in [9.17, 15) is 0 Å². The molecule has 0 aliphatic rings. The van der Waals surface area contributed by atoms with Crippen LogP contribution in [0.1, 0.15) is 39.5 Å². The van der Waals surface area contributed by atoms with Gasteiger partial charge in [-0.2, -0.15) is 9.97 Å². The molecule has 1 atom stereocenters. The Labute approximate surface area is 103 Å². The second-order valence-electron chi connectivity index (χ2n) is 4.33. The molecule has 0 bridgehead atoms. The topological polar surface area (TPSA) is 89.8 Å². The van der Waals surface area contributed by atoms with Crippen molar-refractivity contribution in [1.82, 2.24) is 9.97 Å². The average Bonchev–Trinajstić information content (AvgIpc) is 2.28. The molecule has 1 heterocycles. The zero-order chi connectivity index (χ0) is 12.7. The molecule has 1 aromatic heterocycles. The summed E-state index contributed by atoms with van der Waals surface area (Å²) in [4.78, 5) is 7.93. The van der Waals surface area contributed by atoms with Crippen molar-refractivity contribution in [3.63, 3.8) is 0 Å². The molecule has 1 rings (SSSR count). The first-order chi connectivity index (χ1) is 8.15. The van der Waals surface area contributed by atoms with Gasteiger partial charge in [-0.05, 0) is 12.3 Å². The molecule has 1 unspecified atom stereocenters. The van der Waals surface area contributed by atoms with Crippen molar-refractivity contribution in [1.29, 1.82) is 0 Å². The highest BCUT2D eigenvalue weighted by Crippen LogP contribution is 2.15. The number of aromatic nitrogens is 2. The van der Waals surface area contributed by atoms with E-state index in [4.69, 9.17) is 11.5 Å². The molecule has 1 aromatic rings. The molecule has 0 aromatic carbocycles. The molecule has 0 amide bonds. The first-order valence-electron chi connectivity index (χ1n) is 6.29. The summed E-state index contributed by atoms with van der Waals surface area (Å²) in [6, 6.07) is 1.71. The lowest BCUT2D eigenvalue weighted by atomic mass is 9.99. The van der Waals surface area contributed by atoms with Gasteiger partial charge >= 0.3 is 0 Å². The standard InChI is InChI=1S/C12H23N5/c1-3-5-6-9(4-2)8-15-11-7-10(13)16-12(14)17-11/h7,9H,3-6,8H2,1-2H3,(H5,13,14,15,16,17). The third kappa shape index (κ3) is 4.89. The summed E-state index contributed by atoms with van der Waals surface area (Å²) >= 11 is 0. The van der Waals surface area contributed by atoms with Crippen molar-refractivity contribution < 1.29 is 0 Å². The summed E-state index contributed by atoms with van der Waals surface area (Å²) in [5, 5.41) is 3.28. The van der Waals surface area contributed by atoms with Gasteiger partial charge in [-0.15, -0.1) is 0 Å². The van der Waals surface area contributed by atoms with Crippen LogP contribution in [0.25, 0.3) is 0 Å². The van der Waals surface area contributed by atoms with Crippen LogP contribution in [0.3, 0.4) is 0 Å². The molecule has 0 saturated heterocycles. The van der Waals surface area contributed by atoms with E-state index in [0.717, 1.165) is 6.54 Å². The van der Waals surface area contributed by atoms with Gasteiger partial charge in [-0.1, -0.05) is 33.1 Å². The van der Waals surface area contributed by atoms with E-state index in [0.29, 0.717) is 17.6 Å². The van der Waals surface area contributed by atoms with Gasteiger partial charge < -0.3 is 16.8 Å². The van der Waals surface area contributed by atoms with Gasteiger partial charge in [0.15, 0.2) is 0 Å². The molecule has 0 spiro atoms. The van der Waals surface area contributed by atoms with Crippen LogP contribution < -0.4 is 16.8 Å². The van der Waals surface area contributed by atoms with Crippen molar-refractivity contribution in [2.24, 2.45) is 5.92 Å². The minimum absolute atomic E-state index is 0.217. The summed E-state index contributed by atoms with van der Waals surface area (Å²) in [5.74, 6) is 2.01. The Hall–Kier alpha value is -1.52. The molecule has 0 radical (unpaired) electrons. The van der Waals surface area contributed by atoms with Gasteiger partial charge in [0.1, 0.15) is 11.6 Å². The number of anilines is 3. The molecule has 0 aliphatic carbocycles. The first-order valence-corrected chi connectivity index (χ1v) is 6.29. The number of rotatable bonds is 7. The molecule has 0 fully saturated rings. The maximum absolute atomic E-state index is 5.61. The monoisotopic (exact) mass is 237 g/mol. The molecule has 0 aliphatic heterocycles. The van der Waals surface area contributed by atoms with Gasteiger partial charge in [-0.25, -0.2) is 0 Å². The number of hydrogen-bond acceptors (Lipinski definition) is 5. The number of unbranched alkanes of at least 4 members (excludes halogenated alkanes) is 1. The van der Waals surface area contributed by atoms with Crippen LogP contribution in [0.5, 0.6) is 0 Å². The lowest BCUT2D eigenvalue weighted by Crippen LogP contribution is -2.15. The van der Waals surface area contributed by atoms with E-state index < -0.39 is 0 Å². The predicted octanol–water partition coefficient (Wildman–Crippen LogP) is 2.27. The number of nitrogen functional groups attached to an aromatic ring is 2. The van der Waals surface area contributed by atoms with Crippen molar-refractivity contribution in [3.8, 4) is 0 Å². The fraction of sp³-hybridized carbons (Fsp3) is 0.667. The fourth-order valence-electron chi connectivity index (χ4n) is 1.77. The third-order valence-corrected chi connectivity index (χ3v) is 2.88. The van der Waals surface area contributed by atoms with Crippen molar-refractivity contribution in [2.75, 3.05) is 23.3 Å². The number of nitrogens with zero attached hydrogens (tertiary/aromatic N) is 2. The van der Waals surface area contributed by atoms with Crippen LogP contribution >= 0.6 is 0 Å². The van der Waals surface area contributed by atoms with Crippen molar-refractivity contribution in [3.05, 3.63) is 6.07 Å². The van der Waals surface area contributed by atoms with Gasteiger partial charge in [0.25, 0.3) is 0 Å². The van der Waals surface area contributed by atoms with Crippen LogP contribution in [0.2, 0.25) is 0 Å². The van der Waals surface area contributed by atoms with Gasteiger partial charge in [0, 0.05) is 12.6 Å². The van der Waals surface area contributed by atoms with Gasteiger partial charge in [-0.3, -0.25) is 0 Å². The van der Waals surface area contributed by atoms with Crippen LogP contribution in [-0.2, 0) is 0 Å². The van der Waals surface area contributed by atoms with E-state index in [1.807, 2.05) is 0 Å². The summed E-state index contributed by atoms with van der Waals surface area (Å²) in [7, 11) is 0. The minimum atomic E-state index is 0.217. The maximum atomic E-state index is 5.61. The van der Waals surface area contributed by atoms with Crippen molar-refractivity contribution in [2.45, 2.75) is 39.5 Å². The Morgan fingerprint density at radius 1 is 1.29 bits per heavy atom.